The van der Waals surface area contributed by atoms with E-state index in [1.165, 1.54) is 12.1 Å². The maximum atomic E-state index is 13.1. The summed E-state index contributed by atoms with van der Waals surface area (Å²) in [6, 6.07) is 14.1. The van der Waals surface area contributed by atoms with E-state index < -0.39 is 0 Å². The largest absolute Gasteiger partial charge is 0.397 e. The van der Waals surface area contributed by atoms with Gasteiger partial charge in [0.1, 0.15) is 5.82 Å². The fourth-order valence-electron chi connectivity index (χ4n) is 3.61. The van der Waals surface area contributed by atoms with Crippen molar-refractivity contribution >= 4 is 11.4 Å². The molecule has 1 saturated heterocycles. The molecule has 5 heteroatoms. The maximum absolute atomic E-state index is 13.1. The van der Waals surface area contributed by atoms with Crippen LogP contribution in [0.4, 0.5) is 15.8 Å². The summed E-state index contributed by atoms with van der Waals surface area (Å²) in [6.07, 6.45) is 1.91. The lowest BCUT2D eigenvalue weighted by Gasteiger charge is -2.37. The van der Waals surface area contributed by atoms with E-state index >= 15 is 0 Å². The summed E-state index contributed by atoms with van der Waals surface area (Å²) in [7, 11) is 1.71. The molecule has 0 aromatic heterocycles. The molecule has 0 spiro atoms. The molecule has 1 heterocycles. The predicted octanol–water partition coefficient (Wildman–Crippen LogP) is 3.88. The Labute approximate surface area is 147 Å². The number of hydrogen-bond donors (Lipinski definition) is 1. The molecule has 1 unspecified atom stereocenters. The van der Waals surface area contributed by atoms with Gasteiger partial charge in [0.15, 0.2) is 0 Å². The quantitative estimate of drug-likeness (QED) is 0.859. The molecule has 2 N–H and O–H groups in total. The zero-order valence-electron chi connectivity index (χ0n) is 14.3. The second-order valence-electron chi connectivity index (χ2n) is 6.42. The number of nitriles is 1. The minimum Gasteiger partial charge on any atom is -0.397 e. The van der Waals surface area contributed by atoms with Gasteiger partial charge >= 0.3 is 0 Å². The van der Waals surface area contributed by atoms with Gasteiger partial charge in [-0.15, -0.1) is 0 Å². The SMILES string of the molecule is COC(c1ccc(F)cc1)C1CCN(c2ccc(C#N)cc2N)CC1. The van der Waals surface area contributed by atoms with Crippen LogP contribution in [0.3, 0.4) is 0 Å². The molecule has 0 amide bonds. The zero-order valence-corrected chi connectivity index (χ0v) is 14.3. The normalized spacial score (nSPS) is 16.4. The molecule has 2 aromatic carbocycles. The summed E-state index contributed by atoms with van der Waals surface area (Å²) in [6.45, 7) is 1.75. The second-order valence-corrected chi connectivity index (χ2v) is 6.42. The van der Waals surface area contributed by atoms with Gasteiger partial charge in [-0.05, 0) is 54.7 Å². The number of rotatable bonds is 4. The number of anilines is 2. The van der Waals surface area contributed by atoms with Crippen molar-refractivity contribution in [2.24, 2.45) is 5.92 Å². The Kier molecular flexibility index (Phi) is 5.20. The van der Waals surface area contributed by atoms with Crippen molar-refractivity contribution in [1.82, 2.24) is 0 Å². The molecule has 0 aliphatic carbocycles. The lowest BCUT2D eigenvalue weighted by molar-refractivity contribution is 0.0409. The Hall–Kier alpha value is -2.58. The van der Waals surface area contributed by atoms with E-state index in [1.54, 1.807) is 31.4 Å². The van der Waals surface area contributed by atoms with Crippen molar-refractivity contribution in [3.63, 3.8) is 0 Å². The lowest BCUT2D eigenvalue weighted by Crippen LogP contribution is -2.36. The predicted molar refractivity (Wildman–Crippen MR) is 96.7 cm³/mol. The number of nitrogen functional groups attached to an aromatic ring is 1. The first-order valence-corrected chi connectivity index (χ1v) is 8.45. The average Bonchev–Trinajstić information content (AvgIpc) is 2.64. The first kappa shape index (κ1) is 17.2. The summed E-state index contributed by atoms with van der Waals surface area (Å²) in [4.78, 5) is 2.25. The van der Waals surface area contributed by atoms with Gasteiger partial charge < -0.3 is 15.4 Å². The van der Waals surface area contributed by atoms with Gasteiger partial charge in [0.2, 0.25) is 0 Å². The molecule has 1 aliphatic heterocycles. The molecule has 3 rings (SSSR count). The molecular formula is C20H22FN3O. The standard InChI is InChI=1S/C20H22FN3O/c1-25-20(15-3-5-17(21)6-4-15)16-8-10-24(11-9-16)19-7-2-14(13-22)12-18(19)23/h2-7,12,16,20H,8-11,23H2,1H3. The molecule has 1 atom stereocenters. The Morgan fingerprint density at radius 3 is 2.44 bits per heavy atom. The highest BCUT2D eigenvalue weighted by molar-refractivity contribution is 5.69. The molecule has 4 nitrogen and oxygen atoms in total. The minimum absolute atomic E-state index is 0.0268. The number of nitrogens with two attached hydrogens (primary N) is 1. The molecule has 0 bridgehead atoms. The summed E-state index contributed by atoms with van der Waals surface area (Å²) >= 11 is 0. The highest BCUT2D eigenvalue weighted by Crippen LogP contribution is 2.36. The highest BCUT2D eigenvalue weighted by Gasteiger charge is 2.28. The van der Waals surface area contributed by atoms with Crippen LogP contribution in [-0.2, 0) is 4.74 Å². The average molecular weight is 339 g/mol. The number of piperidine rings is 1. The number of methoxy groups -OCH3 is 1. The van der Waals surface area contributed by atoms with Crippen molar-refractivity contribution in [3.8, 4) is 6.07 Å². The smallest absolute Gasteiger partial charge is 0.123 e. The fraction of sp³-hybridized carbons (Fsp3) is 0.350. The molecule has 2 aromatic rings. The van der Waals surface area contributed by atoms with Crippen molar-refractivity contribution in [2.75, 3.05) is 30.8 Å². The Balaban J connectivity index is 1.68. The van der Waals surface area contributed by atoms with E-state index in [9.17, 15) is 4.39 Å². The molecule has 0 saturated carbocycles. The molecule has 25 heavy (non-hydrogen) atoms. The molecule has 1 aliphatic rings. The van der Waals surface area contributed by atoms with Crippen LogP contribution in [0.5, 0.6) is 0 Å². The van der Waals surface area contributed by atoms with Crippen LogP contribution in [0, 0.1) is 23.1 Å². The van der Waals surface area contributed by atoms with Crippen molar-refractivity contribution < 1.29 is 9.13 Å². The van der Waals surface area contributed by atoms with Gasteiger partial charge in [0.25, 0.3) is 0 Å². The zero-order chi connectivity index (χ0) is 17.8. The van der Waals surface area contributed by atoms with Crippen LogP contribution in [0.2, 0.25) is 0 Å². The number of nitrogens with zero attached hydrogens (tertiary/aromatic N) is 2. The number of benzene rings is 2. The van der Waals surface area contributed by atoms with E-state index in [2.05, 4.69) is 11.0 Å². The lowest BCUT2D eigenvalue weighted by atomic mass is 9.87. The summed E-state index contributed by atoms with van der Waals surface area (Å²) in [5.74, 6) is 0.149. The van der Waals surface area contributed by atoms with Crippen LogP contribution in [0.1, 0.15) is 30.1 Å². The van der Waals surface area contributed by atoms with Gasteiger partial charge in [-0.2, -0.15) is 5.26 Å². The van der Waals surface area contributed by atoms with Gasteiger partial charge in [0, 0.05) is 20.2 Å². The first-order valence-electron chi connectivity index (χ1n) is 8.45. The second kappa shape index (κ2) is 7.54. The van der Waals surface area contributed by atoms with Crippen LogP contribution >= 0.6 is 0 Å². The Bertz CT molecular complexity index is 762. The van der Waals surface area contributed by atoms with Crippen LogP contribution in [0.15, 0.2) is 42.5 Å². The monoisotopic (exact) mass is 339 g/mol. The van der Waals surface area contributed by atoms with Crippen molar-refractivity contribution in [3.05, 3.63) is 59.4 Å². The summed E-state index contributed by atoms with van der Waals surface area (Å²) in [5, 5.41) is 8.96. The van der Waals surface area contributed by atoms with Crippen LogP contribution in [0.25, 0.3) is 0 Å². The number of halogens is 1. The Morgan fingerprint density at radius 1 is 1.20 bits per heavy atom. The summed E-state index contributed by atoms with van der Waals surface area (Å²) in [5.41, 5.74) is 9.31. The molecule has 1 fully saturated rings. The molecular weight excluding hydrogens is 317 g/mol. The summed E-state index contributed by atoms with van der Waals surface area (Å²) < 4.78 is 18.9. The van der Waals surface area contributed by atoms with Gasteiger partial charge in [-0.25, -0.2) is 4.39 Å². The fourth-order valence-corrected chi connectivity index (χ4v) is 3.61. The maximum Gasteiger partial charge on any atom is 0.123 e. The van der Waals surface area contributed by atoms with Crippen molar-refractivity contribution in [2.45, 2.75) is 18.9 Å². The van der Waals surface area contributed by atoms with Crippen LogP contribution in [-0.4, -0.2) is 20.2 Å². The van der Waals surface area contributed by atoms with E-state index in [-0.39, 0.29) is 11.9 Å². The van der Waals surface area contributed by atoms with Crippen molar-refractivity contribution in [1.29, 1.82) is 5.26 Å². The van der Waals surface area contributed by atoms with E-state index in [4.69, 9.17) is 15.7 Å². The van der Waals surface area contributed by atoms with Gasteiger partial charge in [0.05, 0.1) is 29.1 Å². The highest BCUT2D eigenvalue weighted by atomic mass is 19.1. The number of hydrogen-bond acceptors (Lipinski definition) is 4. The molecule has 0 radical (unpaired) electrons. The minimum atomic E-state index is -0.232. The van der Waals surface area contributed by atoms with E-state index in [1.807, 2.05) is 6.07 Å². The van der Waals surface area contributed by atoms with E-state index in [0.29, 0.717) is 17.2 Å². The topological polar surface area (TPSA) is 62.3 Å². The third-order valence-corrected chi connectivity index (χ3v) is 4.92. The van der Waals surface area contributed by atoms with E-state index in [0.717, 1.165) is 37.2 Å². The third-order valence-electron chi connectivity index (χ3n) is 4.92. The first-order chi connectivity index (χ1) is 12.1. The number of ether oxygens (including phenoxy) is 1. The van der Waals surface area contributed by atoms with Gasteiger partial charge in [-0.3, -0.25) is 0 Å². The third kappa shape index (κ3) is 3.75. The molecule has 130 valence electrons. The van der Waals surface area contributed by atoms with Gasteiger partial charge in [-0.1, -0.05) is 12.1 Å². The van der Waals surface area contributed by atoms with Crippen LogP contribution < -0.4 is 10.6 Å². The Morgan fingerprint density at radius 2 is 1.88 bits per heavy atom.